The van der Waals surface area contributed by atoms with Gasteiger partial charge in [0.1, 0.15) is 17.3 Å². The second-order valence-electron chi connectivity index (χ2n) is 7.74. The lowest BCUT2D eigenvalue weighted by Crippen LogP contribution is -2.14. The molecule has 6 nitrogen and oxygen atoms in total. The minimum atomic E-state index is -1.37. The second kappa shape index (κ2) is 7.67. The van der Waals surface area contributed by atoms with Gasteiger partial charge in [-0.2, -0.15) is 0 Å². The summed E-state index contributed by atoms with van der Waals surface area (Å²) in [5.41, 5.74) is 1.17. The summed E-state index contributed by atoms with van der Waals surface area (Å²) < 4.78 is 30.6. The number of hydrogen-bond donors (Lipinski definition) is 2. The average Bonchev–Trinajstić information content (AvgIpc) is 3.09. The molecule has 0 bridgehead atoms. The van der Waals surface area contributed by atoms with Crippen LogP contribution in [0.2, 0.25) is 0 Å². The summed E-state index contributed by atoms with van der Waals surface area (Å²) >= 11 is 0. The van der Waals surface area contributed by atoms with Gasteiger partial charge in [0.15, 0.2) is 0 Å². The van der Waals surface area contributed by atoms with E-state index in [1.54, 1.807) is 6.92 Å². The predicted octanol–water partition coefficient (Wildman–Crippen LogP) is 4.88. The maximum atomic E-state index is 15.0. The molecule has 3 aromatic heterocycles. The first-order valence-corrected chi connectivity index (χ1v) is 10.1. The highest BCUT2D eigenvalue weighted by molar-refractivity contribution is 6.08. The Bertz CT molecular complexity index is 1640. The quantitative estimate of drug-likeness (QED) is 0.413. The average molecular weight is 445 g/mol. The Kier molecular flexibility index (Phi) is 4.78. The number of rotatable bonds is 4. The Balaban J connectivity index is 1.86. The number of fused-ring (bicyclic) bond motifs is 2. The fraction of sp³-hybridized carbons (Fsp3) is 0.0800. The van der Waals surface area contributed by atoms with E-state index in [2.05, 4.69) is 9.97 Å². The molecule has 0 aliphatic carbocycles. The Morgan fingerprint density at radius 1 is 1.12 bits per heavy atom. The van der Waals surface area contributed by atoms with Crippen LogP contribution in [0, 0.1) is 18.6 Å². The first-order valence-electron chi connectivity index (χ1n) is 10.1. The molecule has 164 valence electrons. The van der Waals surface area contributed by atoms with Crippen LogP contribution in [0.4, 0.5) is 8.78 Å². The number of pyridine rings is 2. The van der Waals surface area contributed by atoms with E-state index in [-0.39, 0.29) is 34.3 Å². The van der Waals surface area contributed by atoms with Crippen molar-refractivity contribution in [2.24, 2.45) is 0 Å². The van der Waals surface area contributed by atoms with Crippen LogP contribution in [-0.4, -0.2) is 25.6 Å². The number of aromatic nitrogens is 3. The lowest BCUT2D eigenvalue weighted by molar-refractivity contribution is 0.0687. The number of aromatic amines is 1. The first-order chi connectivity index (χ1) is 15.8. The zero-order chi connectivity index (χ0) is 23.3. The van der Waals surface area contributed by atoms with Crippen LogP contribution in [0.5, 0.6) is 0 Å². The van der Waals surface area contributed by atoms with Crippen LogP contribution in [-0.2, 0) is 6.54 Å². The highest BCUT2D eigenvalue weighted by atomic mass is 19.1. The number of carbonyl (C=O) groups is 1. The van der Waals surface area contributed by atoms with E-state index < -0.39 is 23.2 Å². The van der Waals surface area contributed by atoms with Crippen LogP contribution >= 0.6 is 0 Å². The molecule has 0 amide bonds. The van der Waals surface area contributed by atoms with E-state index in [1.165, 1.54) is 22.9 Å². The number of carboxylic acid groups (broad SMARTS) is 1. The summed E-state index contributed by atoms with van der Waals surface area (Å²) in [6.07, 6.45) is 1.39. The van der Waals surface area contributed by atoms with Gasteiger partial charge in [0.05, 0.1) is 23.1 Å². The molecule has 2 aromatic carbocycles. The van der Waals surface area contributed by atoms with Gasteiger partial charge in [-0.1, -0.05) is 18.2 Å². The van der Waals surface area contributed by atoms with Crippen molar-refractivity contribution in [3.63, 3.8) is 0 Å². The normalized spacial score (nSPS) is 11.4. The second-order valence-corrected chi connectivity index (χ2v) is 7.74. The number of para-hydroxylation sites is 1. The van der Waals surface area contributed by atoms with Gasteiger partial charge in [-0.3, -0.25) is 9.78 Å². The van der Waals surface area contributed by atoms with Gasteiger partial charge in [0.2, 0.25) is 0 Å². The molecular weight excluding hydrogens is 428 g/mol. The van der Waals surface area contributed by atoms with E-state index in [0.717, 1.165) is 17.0 Å². The molecule has 5 rings (SSSR count). The van der Waals surface area contributed by atoms with Gasteiger partial charge in [0, 0.05) is 34.3 Å². The Morgan fingerprint density at radius 2 is 1.91 bits per heavy atom. The monoisotopic (exact) mass is 445 g/mol. The SMILES string of the molecule is Cc1nc2ccccc2cc1Cn1c(C(=O)O)c(-c2ccc[nH]c2=O)c2c(F)cc(F)cc21. The van der Waals surface area contributed by atoms with Crippen molar-refractivity contribution in [1.82, 2.24) is 14.5 Å². The maximum Gasteiger partial charge on any atom is 0.353 e. The number of nitrogens with one attached hydrogen (secondary N) is 1. The fourth-order valence-corrected chi connectivity index (χ4v) is 4.25. The maximum absolute atomic E-state index is 15.0. The third kappa shape index (κ3) is 3.36. The van der Waals surface area contributed by atoms with Crippen LogP contribution in [0.15, 0.2) is 65.6 Å². The third-order valence-electron chi connectivity index (χ3n) is 5.72. The molecule has 0 saturated carbocycles. The number of benzene rings is 2. The lowest BCUT2D eigenvalue weighted by Gasteiger charge is -2.12. The minimum Gasteiger partial charge on any atom is -0.477 e. The number of nitrogens with zero attached hydrogens (tertiary/aromatic N) is 2. The van der Waals surface area contributed by atoms with Crippen molar-refractivity contribution in [3.05, 3.63) is 99.7 Å². The zero-order valence-electron chi connectivity index (χ0n) is 17.4. The number of hydrogen-bond acceptors (Lipinski definition) is 3. The van der Waals surface area contributed by atoms with Crippen molar-refractivity contribution >= 4 is 27.8 Å². The van der Waals surface area contributed by atoms with Crippen molar-refractivity contribution in [3.8, 4) is 11.1 Å². The van der Waals surface area contributed by atoms with Crippen LogP contribution in [0.1, 0.15) is 21.7 Å². The molecule has 2 N–H and O–H groups in total. The van der Waals surface area contributed by atoms with Gasteiger partial charge in [-0.15, -0.1) is 0 Å². The molecule has 0 radical (unpaired) electrons. The van der Waals surface area contributed by atoms with E-state index in [4.69, 9.17) is 0 Å². The molecule has 3 heterocycles. The molecule has 0 unspecified atom stereocenters. The van der Waals surface area contributed by atoms with Crippen molar-refractivity contribution < 1.29 is 18.7 Å². The highest BCUT2D eigenvalue weighted by Crippen LogP contribution is 2.36. The number of carboxylic acids is 1. The highest BCUT2D eigenvalue weighted by Gasteiger charge is 2.28. The predicted molar refractivity (Wildman–Crippen MR) is 120 cm³/mol. The fourth-order valence-electron chi connectivity index (χ4n) is 4.25. The number of aryl methyl sites for hydroxylation is 1. The summed E-state index contributed by atoms with van der Waals surface area (Å²) in [6.45, 7) is 1.79. The Hall–Kier alpha value is -4.33. The molecule has 33 heavy (non-hydrogen) atoms. The van der Waals surface area contributed by atoms with E-state index in [0.29, 0.717) is 17.3 Å². The lowest BCUT2D eigenvalue weighted by atomic mass is 10.0. The molecule has 0 fully saturated rings. The first kappa shape index (κ1) is 20.6. The molecule has 8 heteroatoms. The smallest absolute Gasteiger partial charge is 0.353 e. The van der Waals surface area contributed by atoms with Crippen molar-refractivity contribution in [2.45, 2.75) is 13.5 Å². The molecule has 0 saturated heterocycles. The van der Waals surface area contributed by atoms with Gasteiger partial charge in [-0.25, -0.2) is 13.6 Å². The van der Waals surface area contributed by atoms with Crippen molar-refractivity contribution in [2.75, 3.05) is 0 Å². The number of halogens is 2. The van der Waals surface area contributed by atoms with Gasteiger partial charge < -0.3 is 14.7 Å². The third-order valence-corrected chi connectivity index (χ3v) is 5.72. The van der Waals surface area contributed by atoms with E-state index in [9.17, 15) is 19.1 Å². The zero-order valence-corrected chi connectivity index (χ0v) is 17.4. The Morgan fingerprint density at radius 3 is 2.67 bits per heavy atom. The van der Waals surface area contributed by atoms with Gasteiger partial charge >= 0.3 is 5.97 Å². The van der Waals surface area contributed by atoms with Crippen LogP contribution in [0.3, 0.4) is 0 Å². The molecular formula is C25H17F2N3O3. The topological polar surface area (TPSA) is 88.0 Å². The minimum absolute atomic E-state index is 0.00453. The summed E-state index contributed by atoms with van der Waals surface area (Å²) in [4.78, 5) is 32.0. The number of H-pyrrole nitrogens is 1. The largest absolute Gasteiger partial charge is 0.477 e. The van der Waals surface area contributed by atoms with Crippen LogP contribution in [0.25, 0.3) is 32.9 Å². The molecule has 0 aliphatic rings. The molecule has 0 aliphatic heterocycles. The van der Waals surface area contributed by atoms with Crippen LogP contribution < -0.4 is 5.56 Å². The molecule has 0 spiro atoms. The summed E-state index contributed by atoms with van der Waals surface area (Å²) in [5.74, 6) is -3.16. The van der Waals surface area contributed by atoms with Gasteiger partial charge in [0.25, 0.3) is 5.56 Å². The van der Waals surface area contributed by atoms with E-state index in [1.807, 2.05) is 30.3 Å². The number of aromatic carboxylic acids is 1. The van der Waals surface area contributed by atoms with E-state index >= 15 is 4.39 Å². The van der Waals surface area contributed by atoms with Crippen molar-refractivity contribution in [1.29, 1.82) is 0 Å². The summed E-state index contributed by atoms with van der Waals surface area (Å²) in [7, 11) is 0. The summed E-state index contributed by atoms with van der Waals surface area (Å²) in [6, 6.07) is 14.0. The Labute approximate surface area is 185 Å². The van der Waals surface area contributed by atoms with Gasteiger partial charge in [-0.05, 0) is 42.8 Å². The standard InChI is InChI=1S/C25H17F2N3O3/c1-13-15(9-14-5-2-3-7-19(14)29-13)12-30-20-11-16(26)10-18(27)22(20)21(23(30)25(32)33)17-6-4-8-28-24(17)31/h2-11H,12H2,1H3,(H,28,31)(H,32,33). The summed E-state index contributed by atoms with van der Waals surface area (Å²) in [5, 5.41) is 10.8. The molecule has 0 atom stereocenters. The molecule has 5 aromatic rings.